The van der Waals surface area contributed by atoms with E-state index in [1.165, 1.54) is 6.33 Å². The summed E-state index contributed by atoms with van der Waals surface area (Å²) in [5, 5.41) is 7.77. The van der Waals surface area contributed by atoms with Crippen LogP contribution in [0, 0.1) is 6.92 Å². The molecule has 8 nitrogen and oxygen atoms in total. The minimum atomic E-state index is -0.0629. The molecule has 0 aromatic carbocycles. The van der Waals surface area contributed by atoms with E-state index in [9.17, 15) is 4.79 Å². The lowest BCUT2D eigenvalue weighted by molar-refractivity contribution is -0.137. The number of fused-ring (bicyclic) bond motifs is 2. The van der Waals surface area contributed by atoms with E-state index in [4.69, 9.17) is 9.26 Å². The number of carbonyl (C=O) groups is 1. The van der Waals surface area contributed by atoms with Crippen LogP contribution in [-0.2, 0) is 9.53 Å². The Labute approximate surface area is 120 Å². The summed E-state index contributed by atoms with van der Waals surface area (Å²) in [4.78, 5) is 22.1. The second kappa shape index (κ2) is 4.66. The number of nitrogens with zero attached hydrogens (tertiary/aromatic N) is 4. The van der Waals surface area contributed by atoms with Gasteiger partial charge in [0.15, 0.2) is 0 Å². The Morgan fingerprint density at radius 3 is 3.24 bits per heavy atom. The van der Waals surface area contributed by atoms with Crippen LogP contribution in [0.4, 0.5) is 5.82 Å². The van der Waals surface area contributed by atoms with Crippen LogP contribution in [0.15, 0.2) is 10.9 Å². The number of amides is 1. The Balaban J connectivity index is 1.67. The van der Waals surface area contributed by atoms with Crippen LogP contribution >= 0.6 is 0 Å². The second-order valence-electron chi connectivity index (χ2n) is 5.40. The fourth-order valence-electron chi connectivity index (χ4n) is 3.04. The summed E-state index contributed by atoms with van der Waals surface area (Å²) in [6, 6.07) is -0.00909. The Bertz CT molecular complexity index is 700. The number of morpholine rings is 1. The number of aromatic nitrogens is 3. The molecule has 0 bridgehead atoms. The summed E-state index contributed by atoms with van der Waals surface area (Å²) in [7, 11) is 0. The van der Waals surface area contributed by atoms with Crippen LogP contribution in [0.1, 0.15) is 12.1 Å². The third kappa shape index (κ3) is 2.02. The van der Waals surface area contributed by atoms with Gasteiger partial charge >= 0.3 is 0 Å². The molecular formula is C13H15N5O3. The first kappa shape index (κ1) is 12.5. The third-order valence-corrected chi connectivity index (χ3v) is 4.05. The Morgan fingerprint density at radius 2 is 2.33 bits per heavy atom. The fourth-order valence-corrected chi connectivity index (χ4v) is 3.04. The van der Waals surface area contributed by atoms with Crippen molar-refractivity contribution < 1.29 is 14.1 Å². The van der Waals surface area contributed by atoms with E-state index in [0.717, 1.165) is 29.9 Å². The maximum absolute atomic E-state index is 11.5. The first-order valence-corrected chi connectivity index (χ1v) is 6.95. The van der Waals surface area contributed by atoms with Crippen molar-refractivity contribution in [2.75, 3.05) is 24.6 Å². The average Bonchev–Trinajstić information content (AvgIpc) is 2.88. The number of rotatable bonds is 1. The normalized spacial score (nSPS) is 25.8. The molecule has 2 fully saturated rings. The van der Waals surface area contributed by atoms with E-state index in [2.05, 4.69) is 25.3 Å². The van der Waals surface area contributed by atoms with Crippen LogP contribution in [0.2, 0.25) is 0 Å². The van der Waals surface area contributed by atoms with Gasteiger partial charge in [0.25, 0.3) is 5.71 Å². The highest BCUT2D eigenvalue weighted by Crippen LogP contribution is 2.29. The molecule has 2 saturated heterocycles. The first-order valence-electron chi connectivity index (χ1n) is 6.95. The lowest BCUT2D eigenvalue weighted by atomic mass is 10.0. The zero-order valence-corrected chi connectivity index (χ0v) is 11.6. The summed E-state index contributed by atoms with van der Waals surface area (Å²) in [5.74, 6) is 0.740. The van der Waals surface area contributed by atoms with Crippen LogP contribution < -0.4 is 10.2 Å². The zero-order valence-electron chi connectivity index (χ0n) is 11.6. The van der Waals surface area contributed by atoms with E-state index >= 15 is 0 Å². The molecule has 110 valence electrons. The van der Waals surface area contributed by atoms with Gasteiger partial charge in [0.05, 0.1) is 17.8 Å². The molecule has 4 heterocycles. The molecule has 21 heavy (non-hydrogen) atoms. The van der Waals surface area contributed by atoms with Gasteiger partial charge in [0.1, 0.15) is 24.1 Å². The summed E-state index contributed by atoms with van der Waals surface area (Å²) >= 11 is 0. The van der Waals surface area contributed by atoms with Gasteiger partial charge in [-0.25, -0.2) is 4.98 Å². The van der Waals surface area contributed by atoms with Crippen molar-refractivity contribution in [1.82, 2.24) is 20.4 Å². The minimum Gasteiger partial charge on any atom is -0.366 e. The van der Waals surface area contributed by atoms with Crippen molar-refractivity contribution in [3.63, 3.8) is 0 Å². The van der Waals surface area contributed by atoms with Gasteiger partial charge in [-0.1, -0.05) is 5.16 Å². The summed E-state index contributed by atoms with van der Waals surface area (Å²) < 4.78 is 10.8. The summed E-state index contributed by atoms with van der Waals surface area (Å²) in [6.07, 6.45) is 2.41. The van der Waals surface area contributed by atoms with E-state index in [1.54, 1.807) is 0 Å². The number of ether oxygens (including phenoxy) is 1. The Morgan fingerprint density at radius 1 is 1.43 bits per heavy atom. The lowest BCUT2D eigenvalue weighted by Gasteiger charge is -2.41. The van der Waals surface area contributed by atoms with Gasteiger partial charge in [0, 0.05) is 13.1 Å². The second-order valence-corrected chi connectivity index (χ2v) is 5.40. The number of piperidine rings is 1. The number of hydrogen-bond acceptors (Lipinski definition) is 7. The highest BCUT2D eigenvalue weighted by Gasteiger charge is 2.36. The molecule has 8 heteroatoms. The van der Waals surface area contributed by atoms with Crippen LogP contribution in [-0.4, -0.2) is 52.9 Å². The molecule has 2 unspecified atom stereocenters. The summed E-state index contributed by atoms with van der Waals surface area (Å²) in [5.41, 5.74) is 1.26. The molecule has 0 saturated carbocycles. The topological polar surface area (TPSA) is 93.4 Å². The molecule has 2 aliphatic heterocycles. The van der Waals surface area contributed by atoms with Crippen molar-refractivity contribution in [2.45, 2.75) is 25.5 Å². The van der Waals surface area contributed by atoms with Gasteiger partial charge in [-0.3, -0.25) is 4.79 Å². The van der Waals surface area contributed by atoms with Crippen LogP contribution in [0.5, 0.6) is 0 Å². The molecular weight excluding hydrogens is 274 g/mol. The number of nitrogens with one attached hydrogen (secondary N) is 1. The van der Waals surface area contributed by atoms with Crippen molar-refractivity contribution in [1.29, 1.82) is 0 Å². The Kier molecular flexibility index (Phi) is 2.78. The van der Waals surface area contributed by atoms with Crippen molar-refractivity contribution in [3.8, 4) is 0 Å². The Hall–Kier alpha value is -2.22. The van der Waals surface area contributed by atoms with E-state index in [-0.39, 0.29) is 24.7 Å². The average molecular weight is 289 g/mol. The minimum absolute atomic E-state index is 0.00909. The van der Waals surface area contributed by atoms with Gasteiger partial charge in [0.2, 0.25) is 5.91 Å². The standard InChI is InChI=1S/C13H15N5O3/c1-7-11-12(14-6-15-13(11)21-17-7)18-3-2-9-8(4-18)16-10(19)5-20-9/h6,8-9H,2-5H2,1H3,(H,16,19). The van der Waals surface area contributed by atoms with Crippen molar-refractivity contribution in [3.05, 3.63) is 12.0 Å². The maximum Gasteiger partial charge on any atom is 0.263 e. The number of hydrogen-bond donors (Lipinski definition) is 1. The molecule has 2 atom stereocenters. The largest absolute Gasteiger partial charge is 0.366 e. The molecule has 0 aliphatic carbocycles. The monoisotopic (exact) mass is 289 g/mol. The highest BCUT2D eigenvalue weighted by molar-refractivity contribution is 5.88. The first-order chi connectivity index (χ1) is 10.2. The maximum atomic E-state index is 11.5. The van der Waals surface area contributed by atoms with Crippen molar-refractivity contribution >= 4 is 22.8 Å². The number of anilines is 1. The molecule has 4 rings (SSSR count). The van der Waals surface area contributed by atoms with Gasteiger partial charge < -0.3 is 19.5 Å². The molecule has 1 N–H and O–H groups in total. The summed E-state index contributed by atoms with van der Waals surface area (Å²) in [6.45, 7) is 3.50. The van der Waals surface area contributed by atoms with E-state index < -0.39 is 0 Å². The van der Waals surface area contributed by atoms with Gasteiger partial charge in [-0.05, 0) is 13.3 Å². The zero-order chi connectivity index (χ0) is 14.4. The molecule has 2 aromatic rings. The predicted octanol–water partition coefficient (Wildman–Crippen LogP) is 0.0199. The number of carbonyl (C=O) groups excluding carboxylic acids is 1. The SMILES string of the molecule is Cc1noc2ncnc(N3CCC4OCC(=O)NC4C3)c12. The smallest absolute Gasteiger partial charge is 0.263 e. The van der Waals surface area contributed by atoms with Crippen LogP contribution in [0.3, 0.4) is 0 Å². The molecule has 1 amide bonds. The molecule has 0 spiro atoms. The van der Waals surface area contributed by atoms with E-state index in [1.807, 2.05) is 6.92 Å². The van der Waals surface area contributed by atoms with E-state index in [0.29, 0.717) is 12.3 Å². The van der Waals surface area contributed by atoms with Gasteiger partial charge in [-0.2, -0.15) is 4.98 Å². The fraction of sp³-hybridized carbons (Fsp3) is 0.538. The van der Waals surface area contributed by atoms with Gasteiger partial charge in [-0.15, -0.1) is 0 Å². The highest BCUT2D eigenvalue weighted by atomic mass is 16.5. The predicted molar refractivity (Wildman–Crippen MR) is 72.8 cm³/mol. The molecule has 2 aliphatic rings. The van der Waals surface area contributed by atoms with Crippen molar-refractivity contribution in [2.24, 2.45) is 0 Å². The number of aryl methyl sites for hydroxylation is 1. The molecule has 2 aromatic heterocycles. The van der Waals surface area contributed by atoms with Crippen LogP contribution in [0.25, 0.3) is 11.1 Å². The quantitative estimate of drug-likeness (QED) is 0.791. The molecule has 0 radical (unpaired) electrons. The lowest BCUT2D eigenvalue weighted by Crippen LogP contribution is -2.60. The third-order valence-electron chi connectivity index (χ3n) is 4.05.